The van der Waals surface area contributed by atoms with Crippen LogP contribution in [0.5, 0.6) is 5.75 Å². The van der Waals surface area contributed by atoms with E-state index in [-0.39, 0.29) is 17.1 Å². The summed E-state index contributed by atoms with van der Waals surface area (Å²) in [6.07, 6.45) is 2.18. The van der Waals surface area contributed by atoms with Gasteiger partial charge in [0.1, 0.15) is 5.75 Å². The number of hydrazone groups is 1. The predicted octanol–water partition coefficient (Wildman–Crippen LogP) is 4.43. The molecule has 0 aromatic heterocycles. The molecule has 1 heterocycles. The summed E-state index contributed by atoms with van der Waals surface area (Å²) in [6, 6.07) is 25.1. The van der Waals surface area contributed by atoms with Crippen LogP contribution in [0, 0.1) is 5.92 Å². The number of methoxy groups -OCH3 is 1. The van der Waals surface area contributed by atoms with E-state index in [1.807, 2.05) is 36.4 Å². The van der Waals surface area contributed by atoms with E-state index >= 15 is 0 Å². The first-order chi connectivity index (χ1) is 12.4. The topological polar surface area (TPSA) is 33.6 Å². The van der Waals surface area contributed by atoms with Gasteiger partial charge in [0.25, 0.3) is 0 Å². The summed E-state index contributed by atoms with van der Waals surface area (Å²) in [7, 11) is 1.74. The molecular formula is C22H22FeN2O. The van der Waals surface area contributed by atoms with Crippen molar-refractivity contribution in [3.05, 3.63) is 89.5 Å². The number of rotatable bonds is 2. The van der Waals surface area contributed by atoms with Gasteiger partial charge in [0, 0.05) is 17.0 Å². The molecule has 5 rings (SSSR count). The molecule has 3 aromatic carbocycles. The van der Waals surface area contributed by atoms with E-state index < -0.39 is 0 Å². The fourth-order valence-corrected chi connectivity index (χ4v) is 3.81. The second-order valence-electron chi connectivity index (χ2n) is 6.42. The van der Waals surface area contributed by atoms with Gasteiger partial charge in [-0.3, -0.25) is 0 Å². The first-order valence-electron chi connectivity index (χ1n) is 8.76. The molecule has 2 aliphatic rings. The van der Waals surface area contributed by atoms with Crippen molar-refractivity contribution in [3.63, 3.8) is 0 Å². The quantitative estimate of drug-likeness (QED) is 0.522. The summed E-state index contributed by atoms with van der Waals surface area (Å²) < 4.78 is 5.48. The molecule has 0 fully saturated rings. The molecule has 0 saturated heterocycles. The van der Waals surface area contributed by atoms with Crippen LogP contribution in [0.3, 0.4) is 0 Å². The van der Waals surface area contributed by atoms with Gasteiger partial charge < -0.3 is 10.2 Å². The number of hydrogen-bond donors (Lipinski definition) is 1. The van der Waals surface area contributed by atoms with Crippen LogP contribution in [0.15, 0.2) is 77.9 Å². The standard InChI is InChI=1S/C17H17N2O.C5H5.Fe/c1-20-15-8-4-7-13-12(15)9-10-14-16(18-19-17(13)14)11-5-2-3-6-11;1-2-4-5-3-1;/h2-8,14,16,18H,9-10H2,1H3;1-5H;/q2*-1;+2. The largest absolute Gasteiger partial charge is 2.00 e. The Balaban J connectivity index is 0.000000285. The maximum Gasteiger partial charge on any atom is 2.00 e. The molecule has 0 amide bonds. The maximum atomic E-state index is 5.48. The Bertz CT molecular complexity index is 820. The van der Waals surface area contributed by atoms with Crippen molar-refractivity contribution in [2.45, 2.75) is 18.9 Å². The third-order valence-electron chi connectivity index (χ3n) is 5.02. The summed E-state index contributed by atoms with van der Waals surface area (Å²) in [6.45, 7) is 0. The van der Waals surface area contributed by atoms with Gasteiger partial charge in [-0.1, -0.05) is 12.1 Å². The molecule has 3 aromatic rings. The summed E-state index contributed by atoms with van der Waals surface area (Å²) in [5, 5.41) is 4.62. The van der Waals surface area contributed by atoms with E-state index in [2.05, 4.69) is 46.9 Å². The third-order valence-corrected chi connectivity index (χ3v) is 5.02. The van der Waals surface area contributed by atoms with Gasteiger partial charge >= 0.3 is 17.1 Å². The van der Waals surface area contributed by atoms with Crippen LogP contribution in [0.4, 0.5) is 0 Å². The van der Waals surface area contributed by atoms with E-state index in [0.717, 1.165) is 18.6 Å². The Kier molecular flexibility index (Phi) is 5.97. The first kappa shape index (κ1) is 18.5. The number of nitrogens with zero attached hydrogens (tertiary/aromatic N) is 1. The minimum Gasteiger partial charge on any atom is -0.496 e. The van der Waals surface area contributed by atoms with Crippen LogP contribution >= 0.6 is 0 Å². The van der Waals surface area contributed by atoms with Crippen LogP contribution in [-0.4, -0.2) is 12.8 Å². The number of fused-ring (bicyclic) bond motifs is 3. The molecule has 1 aliphatic heterocycles. The van der Waals surface area contributed by atoms with E-state index in [4.69, 9.17) is 4.74 Å². The Morgan fingerprint density at radius 3 is 2.58 bits per heavy atom. The summed E-state index contributed by atoms with van der Waals surface area (Å²) in [4.78, 5) is 0. The third kappa shape index (κ3) is 3.48. The molecule has 1 N–H and O–H groups in total. The van der Waals surface area contributed by atoms with Crippen molar-refractivity contribution in [2.75, 3.05) is 7.11 Å². The summed E-state index contributed by atoms with van der Waals surface area (Å²) in [5.41, 5.74) is 8.40. The molecule has 2 atom stereocenters. The van der Waals surface area contributed by atoms with E-state index in [1.165, 1.54) is 22.4 Å². The molecule has 0 saturated carbocycles. The second kappa shape index (κ2) is 8.39. The number of ether oxygens (including phenoxy) is 1. The first-order valence-corrected chi connectivity index (χ1v) is 8.76. The Hall–Kier alpha value is -2.29. The summed E-state index contributed by atoms with van der Waals surface area (Å²) >= 11 is 0. The minimum absolute atomic E-state index is 0. The second-order valence-corrected chi connectivity index (χ2v) is 6.42. The predicted molar refractivity (Wildman–Crippen MR) is 101 cm³/mol. The van der Waals surface area contributed by atoms with Crippen LogP contribution in [0.25, 0.3) is 0 Å². The average molecular weight is 386 g/mol. The van der Waals surface area contributed by atoms with Crippen LogP contribution in [0.2, 0.25) is 0 Å². The number of nitrogens with one attached hydrogen (secondary N) is 1. The van der Waals surface area contributed by atoms with Crippen LogP contribution in [0.1, 0.15) is 29.2 Å². The Morgan fingerprint density at radius 2 is 1.92 bits per heavy atom. The summed E-state index contributed by atoms with van der Waals surface area (Å²) in [5.74, 6) is 1.46. The van der Waals surface area contributed by atoms with Crippen LogP contribution in [-0.2, 0) is 23.5 Å². The van der Waals surface area contributed by atoms with Crippen molar-refractivity contribution in [1.29, 1.82) is 0 Å². The molecule has 26 heavy (non-hydrogen) atoms. The van der Waals surface area contributed by atoms with Gasteiger partial charge in [-0.25, -0.2) is 24.3 Å². The number of benzene rings is 1. The molecule has 3 nitrogen and oxygen atoms in total. The van der Waals surface area contributed by atoms with Gasteiger partial charge in [-0.05, 0) is 18.9 Å². The SMILES string of the molecule is COc1cccc2c1CCC1C2=NNC1c1ccc[cH-]1.[Fe+2].c1cc[cH-]c1. The van der Waals surface area contributed by atoms with E-state index in [9.17, 15) is 0 Å². The van der Waals surface area contributed by atoms with E-state index in [1.54, 1.807) is 7.11 Å². The molecule has 134 valence electrons. The van der Waals surface area contributed by atoms with Gasteiger partial charge in [-0.2, -0.15) is 35.4 Å². The van der Waals surface area contributed by atoms with Crippen molar-refractivity contribution in [1.82, 2.24) is 5.43 Å². The van der Waals surface area contributed by atoms with Gasteiger partial charge in [-0.15, -0.1) is 5.56 Å². The fraction of sp³-hybridized carbons (Fsp3) is 0.227. The monoisotopic (exact) mass is 386 g/mol. The zero-order valence-corrected chi connectivity index (χ0v) is 15.8. The molecule has 4 heteroatoms. The Morgan fingerprint density at radius 1 is 1.08 bits per heavy atom. The van der Waals surface area contributed by atoms with Gasteiger partial charge in [0.2, 0.25) is 0 Å². The molecule has 2 unspecified atom stereocenters. The Labute approximate surface area is 165 Å². The fourth-order valence-electron chi connectivity index (χ4n) is 3.81. The molecule has 0 spiro atoms. The van der Waals surface area contributed by atoms with Crippen LogP contribution < -0.4 is 10.2 Å². The van der Waals surface area contributed by atoms with E-state index in [0.29, 0.717) is 12.0 Å². The van der Waals surface area contributed by atoms with Crippen molar-refractivity contribution < 1.29 is 21.8 Å². The minimum atomic E-state index is 0. The smallest absolute Gasteiger partial charge is 0.496 e. The maximum absolute atomic E-state index is 5.48. The normalized spacial score (nSPS) is 19.7. The molecular weight excluding hydrogens is 364 g/mol. The molecule has 0 bridgehead atoms. The number of hydrogen-bond acceptors (Lipinski definition) is 3. The average Bonchev–Trinajstić information content (AvgIpc) is 3.43. The zero-order chi connectivity index (χ0) is 17.1. The molecule has 0 radical (unpaired) electrons. The van der Waals surface area contributed by atoms with Gasteiger partial charge in [0.05, 0.1) is 18.9 Å². The van der Waals surface area contributed by atoms with Crippen molar-refractivity contribution in [2.24, 2.45) is 11.0 Å². The molecule has 1 aliphatic carbocycles. The van der Waals surface area contributed by atoms with Gasteiger partial charge in [0.15, 0.2) is 0 Å². The van der Waals surface area contributed by atoms with Crippen molar-refractivity contribution in [3.8, 4) is 5.75 Å². The van der Waals surface area contributed by atoms with Crippen molar-refractivity contribution >= 4 is 5.71 Å². The zero-order valence-electron chi connectivity index (χ0n) is 14.7.